The number of allylic oxidation sites excluding steroid dienone is 2. The number of rotatable bonds is 3. The molecular formula is C17H15ClN2O3. The number of amides is 3. The SMILES string of the molecule is O=C(CN1C(=O)[C@@H]2[C@H](C1=O)[C@H]1C=C[C@H]2C1)Nc1ccc(Cl)cc1. The molecule has 1 saturated carbocycles. The molecule has 1 aromatic carbocycles. The summed E-state index contributed by atoms with van der Waals surface area (Å²) in [4.78, 5) is 38.2. The molecule has 0 unspecified atom stereocenters. The Labute approximate surface area is 138 Å². The third kappa shape index (κ3) is 2.27. The molecule has 6 heteroatoms. The number of benzene rings is 1. The van der Waals surface area contributed by atoms with E-state index in [0.29, 0.717) is 10.7 Å². The molecule has 5 nitrogen and oxygen atoms in total. The van der Waals surface area contributed by atoms with E-state index < -0.39 is 0 Å². The van der Waals surface area contributed by atoms with Crippen LogP contribution in [0.15, 0.2) is 36.4 Å². The molecule has 1 saturated heterocycles. The normalized spacial score (nSPS) is 30.9. The highest BCUT2D eigenvalue weighted by Crippen LogP contribution is 2.52. The van der Waals surface area contributed by atoms with Crippen LogP contribution in [0.4, 0.5) is 5.69 Å². The van der Waals surface area contributed by atoms with E-state index in [1.54, 1.807) is 24.3 Å². The fourth-order valence-corrected chi connectivity index (χ4v) is 4.12. The smallest absolute Gasteiger partial charge is 0.244 e. The van der Waals surface area contributed by atoms with Gasteiger partial charge < -0.3 is 5.32 Å². The molecule has 3 amide bonds. The van der Waals surface area contributed by atoms with Crippen molar-refractivity contribution < 1.29 is 14.4 Å². The highest BCUT2D eigenvalue weighted by atomic mass is 35.5. The topological polar surface area (TPSA) is 66.5 Å². The van der Waals surface area contributed by atoms with Gasteiger partial charge in [0.15, 0.2) is 0 Å². The lowest BCUT2D eigenvalue weighted by atomic mass is 9.85. The van der Waals surface area contributed by atoms with Crippen molar-refractivity contribution in [2.75, 3.05) is 11.9 Å². The first-order valence-electron chi connectivity index (χ1n) is 7.63. The van der Waals surface area contributed by atoms with Gasteiger partial charge in [-0.15, -0.1) is 0 Å². The molecule has 0 radical (unpaired) electrons. The molecule has 4 rings (SSSR count). The van der Waals surface area contributed by atoms with Gasteiger partial charge in [-0.1, -0.05) is 23.8 Å². The van der Waals surface area contributed by atoms with Crippen molar-refractivity contribution in [1.29, 1.82) is 0 Å². The van der Waals surface area contributed by atoms with E-state index in [1.165, 1.54) is 0 Å². The second kappa shape index (κ2) is 5.20. The molecule has 1 aliphatic heterocycles. The van der Waals surface area contributed by atoms with Crippen LogP contribution in [0.5, 0.6) is 0 Å². The van der Waals surface area contributed by atoms with Gasteiger partial charge in [-0.05, 0) is 42.5 Å². The number of fused-ring (bicyclic) bond motifs is 5. The van der Waals surface area contributed by atoms with Crippen molar-refractivity contribution in [2.24, 2.45) is 23.7 Å². The quantitative estimate of drug-likeness (QED) is 0.681. The first kappa shape index (κ1) is 14.5. The molecule has 2 fully saturated rings. The van der Waals surface area contributed by atoms with Crippen LogP contribution in [-0.4, -0.2) is 29.2 Å². The molecule has 23 heavy (non-hydrogen) atoms. The lowest BCUT2D eigenvalue weighted by molar-refractivity contribution is -0.143. The zero-order chi connectivity index (χ0) is 16.1. The molecule has 2 bridgehead atoms. The summed E-state index contributed by atoms with van der Waals surface area (Å²) in [6, 6.07) is 6.67. The minimum atomic E-state index is -0.380. The molecule has 1 aromatic rings. The van der Waals surface area contributed by atoms with Gasteiger partial charge in [0.1, 0.15) is 6.54 Å². The highest BCUT2D eigenvalue weighted by molar-refractivity contribution is 6.30. The molecule has 1 heterocycles. The molecule has 3 aliphatic rings. The van der Waals surface area contributed by atoms with Gasteiger partial charge in [0.25, 0.3) is 0 Å². The van der Waals surface area contributed by atoms with Gasteiger partial charge >= 0.3 is 0 Å². The Morgan fingerprint density at radius 1 is 1.09 bits per heavy atom. The van der Waals surface area contributed by atoms with Gasteiger partial charge in [0.2, 0.25) is 17.7 Å². The molecule has 0 spiro atoms. The number of nitrogens with one attached hydrogen (secondary N) is 1. The molecule has 4 atom stereocenters. The summed E-state index contributed by atoms with van der Waals surface area (Å²) < 4.78 is 0. The van der Waals surface area contributed by atoms with Crippen molar-refractivity contribution in [3.8, 4) is 0 Å². The Morgan fingerprint density at radius 2 is 1.65 bits per heavy atom. The number of carbonyl (C=O) groups is 3. The average Bonchev–Trinajstić information content (AvgIpc) is 3.19. The van der Waals surface area contributed by atoms with Crippen molar-refractivity contribution in [3.63, 3.8) is 0 Å². The van der Waals surface area contributed by atoms with Gasteiger partial charge in [-0.3, -0.25) is 19.3 Å². The fourth-order valence-electron chi connectivity index (χ4n) is 4.00. The van der Waals surface area contributed by atoms with Crippen LogP contribution in [0.2, 0.25) is 5.02 Å². The zero-order valence-electron chi connectivity index (χ0n) is 12.2. The number of hydrogen-bond acceptors (Lipinski definition) is 3. The first-order chi connectivity index (χ1) is 11.0. The summed E-state index contributed by atoms with van der Waals surface area (Å²) >= 11 is 5.80. The van der Waals surface area contributed by atoms with Crippen LogP contribution >= 0.6 is 11.6 Å². The Balaban J connectivity index is 1.45. The summed E-state index contributed by atoms with van der Waals surface area (Å²) in [5.74, 6) is -1.00. The van der Waals surface area contributed by atoms with Crippen LogP contribution in [0.3, 0.4) is 0 Å². The van der Waals surface area contributed by atoms with Crippen molar-refractivity contribution in [3.05, 3.63) is 41.4 Å². The number of nitrogens with zero attached hydrogens (tertiary/aromatic N) is 1. The number of imide groups is 1. The van der Waals surface area contributed by atoms with Crippen LogP contribution in [0.1, 0.15) is 6.42 Å². The summed E-state index contributed by atoms with van der Waals surface area (Å²) in [6.45, 7) is -0.229. The van der Waals surface area contributed by atoms with Gasteiger partial charge in [0, 0.05) is 10.7 Å². The van der Waals surface area contributed by atoms with E-state index in [4.69, 9.17) is 11.6 Å². The summed E-state index contributed by atoms with van der Waals surface area (Å²) in [5, 5.41) is 3.25. The number of carbonyl (C=O) groups excluding carboxylic acids is 3. The standard InChI is InChI=1S/C17H15ClN2O3/c18-11-3-5-12(6-4-11)19-13(21)8-20-16(22)14-9-1-2-10(7-9)15(14)17(20)23/h1-6,9-10,14-15H,7-8H2,(H,19,21)/t9-,10-,14-,15+/m0/s1. The second-order valence-corrected chi connectivity index (χ2v) is 6.75. The van der Waals surface area contributed by atoms with E-state index in [0.717, 1.165) is 11.3 Å². The fraction of sp³-hybridized carbons (Fsp3) is 0.353. The average molecular weight is 331 g/mol. The lowest BCUT2D eigenvalue weighted by Crippen LogP contribution is -2.39. The third-order valence-electron chi connectivity index (χ3n) is 4.99. The monoisotopic (exact) mass is 330 g/mol. The van der Waals surface area contributed by atoms with Crippen molar-refractivity contribution in [2.45, 2.75) is 6.42 Å². The maximum absolute atomic E-state index is 12.5. The van der Waals surface area contributed by atoms with Gasteiger partial charge in [0.05, 0.1) is 11.8 Å². The van der Waals surface area contributed by atoms with Crippen molar-refractivity contribution >= 4 is 35.0 Å². The Morgan fingerprint density at radius 3 is 2.22 bits per heavy atom. The number of anilines is 1. The van der Waals surface area contributed by atoms with E-state index in [9.17, 15) is 14.4 Å². The molecular weight excluding hydrogens is 316 g/mol. The molecule has 1 N–H and O–H groups in total. The largest absolute Gasteiger partial charge is 0.325 e. The molecule has 0 aromatic heterocycles. The van der Waals surface area contributed by atoms with Crippen LogP contribution in [0, 0.1) is 23.7 Å². The minimum Gasteiger partial charge on any atom is -0.325 e. The van der Waals surface area contributed by atoms with Gasteiger partial charge in [-0.2, -0.15) is 0 Å². The van der Waals surface area contributed by atoms with Crippen LogP contribution in [-0.2, 0) is 14.4 Å². The maximum atomic E-state index is 12.5. The Hall–Kier alpha value is -2.14. The molecule has 2 aliphatic carbocycles. The minimum absolute atomic E-state index is 0.158. The second-order valence-electron chi connectivity index (χ2n) is 6.32. The summed E-state index contributed by atoms with van der Waals surface area (Å²) in [7, 11) is 0. The Kier molecular flexibility index (Phi) is 3.27. The first-order valence-corrected chi connectivity index (χ1v) is 8.01. The Bertz CT molecular complexity index is 698. The van der Waals surface area contributed by atoms with Gasteiger partial charge in [-0.25, -0.2) is 0 Å². The predicted molar refractivity (Wildman–Crippen MR) is 84.5 cm³/mol. The number of halogens is 1. The lowest BCUT2D eigenvalue weighted by Gasteiger charge is -2.16. The predicted octanol–water partition coefficient (Wildman–Crippen LogP) is 2.09. The van der Waals surface area contributed by atoms with Crippen LogP contribution in [0.25, 0.3) is 0 Å². The third-order valence-corrected chi connectivity index (χ3v) is 5.24. The van der Waals surface area contributed by atoms with Crippen molar-refractivity contribution in [1.82, 2.24) is 4.90 Å². The highest BCUT2D eigenvalue weighted by Gasteiger charge is 2.59. The summed E-state index contributed by atoms with van der Waals surface area (Å²) in [6.07, 6.45) is 4.96. The number of likely N-dealkylation sites (tertiary alicyclic amines) is 1. The zero-order valence-corrected chi connectivity index (χ0v) is 13.0. The van der Waals surface area contributed by atoms with E-state index >= 15 is 0 Å². The van der Waals surface area contributed by atoms with E-state index in [1.807, 2.05) is 12.2 Å². The summed E-state index contributed by atoms with van der Waals surface area (Å²) in [5.41, 5.74) is 0.584. The van der Waals surface area contributed by atoms with E-state index in [-0.39, 0.29) is 47.9 Å². The van der Waals surface area contributed by atoms with E-state index in [2.05, 4.69) is 5.32 Å². The maximum Gasteiger partial charge on any atom is 0.244 e. The molecule has 118 valence electrons. The van der Waals surface area contributed by atoms with Crippen LogP contribution < -0.4 is 5.32 Å². The number of hydrogen-bond donors (Lipinski definition) is 1.